The Morgan fingerprint density at radius 2 is 1.36 bits per heavy atom. The fraction of sp³-hybridized carbons (Fsp3) is 0.508. The molecular weight excluding hydrogens is 1200 g/mol. The molecule has 504 valence electrons. The van der Waals surface area contributed by atoms with E-state index in [0.717, 1.165) is 51.5 Å². The van der Waals surface area contributed by atoms with Crippen molar-refractivity contribution in [1.29, 1.82) is 0 Å². The van der Waals surface area contributed by atoms with Crippen molar-refractivity contribution in [2.24, 2.45) is 11.7 Å². The average molecular weight is 1290 g/mol. The Labute approximate surface area is 534 Å². The average Bonchev–Trinajstić information content (AvgIpc) is 0.801. The van der Waals surface area contributed by atoms with E-state index in [2.05, 4.69) is 44.1 Å². The monoisotopic (exact) mass is 1290 g/mol. The number of methoxy groups -OCH3 is 1. The third kappa shape index (κ3) is 26.2. The van der Waals surface area contributed by atoms with E-state index in [1.165, 1.54) is 43.9 Å². The first kappa shape index (κ1) is 75.6. The molecule has 0 fully saturated rings. The maximum Gasteiger partial charge on any atom is 0.490 e. The van der Waals surface area contributed by atoms with Gasteiger partial charge in [-0.15, -0.1) is 0 Å². The normalized spacial score (nSPS) is 15.8. The summed E-state index contributed by atoms with van der Waals surface area (Å²) >= 11 is 0. The van der Waals surface area contributed by atoms with E-state index in [1.54, 1.807) is 60.7 Å². The van der Waals surface area contributed by atoms with Crippen LogP contribution in [0, 0.1) is 16.0 Å². The number of benzene rings is 4. The second kappa shape index (κ2) is 38.8. The van der Waals surface area contributed by atoms with Crippen LogP contribution in [0.2, 0.25) is 0 Å². The molecule has 6 rings (SSSR count). The lowest BCUT2D eigenvalue weighted by molar-refractivity contribution is -0.385. The second-order valence-corrected chi connectivity index (χ2v) is 23.2. The molecule has 11 N–H and O–H groups in total. The summed E-state index contributed by atoms with van der Waals surface area (Å²) in [7, 11) is 5.09. The Morgan fingerprint density at radius 3 is 1.96 bits per heavy atom. The number of carboxylic acid groups (broad SMARTS) is 1. The molecule has 0 saturated carbocycles. The van der Waals surface area contributed by atoms with Gasteiger partial charge in [-0.05, 0) is 92.7 Å². The number of nitrogens with one attached hydrogen (secondary N) is 7. The minimum Gasteiger partial charge on any atom is -0.504 e. The molecule has 27 heteroatoms. The van der Waals surface area contributed by atoms with Crippen molar-refractivity contribution in [1.82, 2.24) is 42.1 Å². The van der Waals surface area contributed by atoms with Gasteiger partial charge in [-0.3, -0.25) is 43.7 Å². The summed E-state index contributed by atoms with van der Waals surface area (Å²) in [6, 6.07) is 15.7. The van der Waals surface area contributed by atoms with Gasteiger partial charge in [0.05, 0.1) is 24.1 Å². The fourth-order valence-corrected chi connectivity index (χ4v) is 9.99. The topological polar surface area (TPSA) is 352 Å². The van der Waals surface area contributed by atoms with Crippen LogP contribution in [-0.2, 0) is 51.2 Å². The van der Waals surface area contributed by atoms with Crippen LogP contribution in [0.15, 0.2) is 91.0 Å². The summed E-state index contributed by atoms with van der Waals surface area (Å²) in [4.78, 5) is 123. The van der Waals surface area contributed by atoms with Crippen molar-refractivity contribution in [2.75, 3.05) is 40.8 Å². The van der Waals surface area contributed by atoms with E-state index in [-0.39, 0.29) is 79.4 Å². The highest BCUT2D eigenvalue weighted by atomic mass is 19.4. The number of nitro benzene ring substituents is 1. The summed E-state index contributed by atoms with van der Waals surface area (Å²) in [5, 5.41) is 51.4. The first-order chi connectivity index (χ1) is 43.7. The third-order valence-corrected chi connectivity index (χ3v) is 14.8. The van der Waals surface area contributed by atoms with Gasteiger partial charge in [0.2, 0.25) is 52.8 Å². The van der Waals surface area contributed by atoms with E-state index in [1.807, 2.05) is 32.8 Å². The third-order valence-electron chi connectivity index (χ3n) is 14.8. The van der Waals surface area contributed by atoms with Gasteiger partial charge >= 0.3 is 17.8 Å². The zero-order chi connectivity index (χ0) is 67.9. The molecule has 2 aliphatic heterocycles. The van der Waals surface area contributed by atoms with Crippen LogP contribution in [-0.4, -0.2) is 139 Å². The molecule has 0 spiro atoms. The lowest BCUT2D eigenvalue weighted by atomic mass is 9.95. The molecule has 92 heavy (non-hydrogen) atoms. The molecule has 0 aromatic heterocycles. The van der Waals surface area contributed by atoms with Crippen LogP contribution < -0.4 is 52.4 Å². The number of nitrogens with zero attached hydrogens (tertiary/aromatic N) is 2. The number of carbonyl (C=O) groups is 8. The van der Waals surface area contributed by atoms with Gasteiger partial charge in [0.15, 0.2) is 11.5 Å². The van der Waals surface area contributed by atoms with Crippen molar-refractivity contribution in [3.05, 3.63) is 123 Å². The molecule has 24 nitrogen and oxygen atoms in total. The Bertz CT molecular complexity index is 3070. The first-order valence-electron chi connectivity index (χ1n) is 30.9. The largest absolute Gasteiger partial charge is 0.504 e. The highest BCUT2D eigenvalue weighted by Gasteiger charge is 2.39. The zero-order valence-electron chi connectivity index (χ0n) is 53.0. The highest BCUT2D eigenvalue weighted by Crippen LogP contribution is 2.44. The highest BCUT2D eigenvalue weighted by molar-refractivity contribution is 5.95. The number of aromatic hydroxyl groups is 1. The van der Waals surface area contributed by atoms with Crippen molar-refractivity contribution in [3.63, 3.8) is 0 Å². The van der Waals surface area contributed by atoms with E-state index < -0.39 is 106 Å². The molecule has 6 atom stereocenters. The SMILES string of the molecule is CCCCCCCCCCCC(=O)N[C@@H](C(=O)NCCCC(=O)N[C@@H](C(=O)NCCCN(C)C)c1ccccc1)[C@@H]1NC(=O)[C@H](Cc2ccccc2)NC(=O)[C@H](NC(=O)[C@H](N)CC(C)C)Cc2ccc(c([N+](=O)[O-])c2)Oc2cc1cc(O)c2OC.O=C(O)C(F)(F)F. The second-order valence-electron chi connectivity index (χ2n) is 23.2. The van der Waals surface area contributed by atoms with Gasteiger partial charge in [-0.1, -0.05) is 139 Å². The van der Waals surface area contributed by atoms with E-state index in [4.69, 9.17) is 25.1 Å². The molecule has 4 aromatic rings. The summed E-state index contributed by atoms with van der Waals surface area (Å²) in [5.41, 5.74) is 7.08. The number of alkyl halides is 3. The maximum atomic E-state index is 15.2. The van der Waals surface area contributed by atoms with Gasteiger partial charge in [-0.2, -0.15) is 13.2 Å². The number of ether oxygens (including phenoxy) is 2. The van der Waals surface area contributed by atoms with E-state index in [9.17, 15) is 57.2 Å². The maximum absolute atomic E-state index is 15.2. The number of nitrogens with two attached hydrogens (primary N) is 1. The molecule has 0 saturated heterocycles. The number of aliphatic carboxylic acids is 1. The van der Waals surface area contributed by atoms with Crippen LogP contribution in [0.4, 0.5) is 18.9 Å². The number of hydrogen-bond acceptors (Lipinski definition) is 15. The quantitative estimate of drug-likeness (QED) is 0.0131. The number of nitro groups is 1. The summed E-state index contributed by atoms with van der Waals surface area (Å²) in [6.07, 6.45) is 4.13. The van der Waals surface area contributed by atoms with Crippen LogP contribution in [0.25, 0.3) is 0 Å². The van der Waals surface area contributed by atoms with Gasteiger partial charge < -0.3 is 67.5 Å². The van der Waals surface area contributed by atoms with Gasteiger partial charge in [0.1, 0.15) is 24.2 Å². The molecule has 0 radical (unpaired) electrons. The standard InChI is InChI=1S/C63H88N10O12.C2HF3O2/c1-7-8-9-10-11-12-13-14-21-28-53(75)70-57(63(81)65-32-22-29-54(76)69-56(44-26-19-16-20-27-44)62(80)66-33-23-34-72(4)5)55-45-39-50(74)58(84-6)52(40-45)85-51-31-30-43(38-49(51)73(82)83)37-48(67-59(77)46(64)35-41(2)3)60(78)68-47(61(79)71-55)36-42-24-17-15-18-25-42;3-2(4,5)1(6)7/h15-20,24-27,30-31,38-41,46-48,55-57,74H,7-14,21-23,28-29,32-37,64H2,1-6H3,(H,65,81)(H,66,80)(H,67,77)(H,68,78)(H,69,76)(H,70,75)(H,71,79);(H,6,7)/t46-,47+,48-,55-,56-,57-;/m1./s1. The van der Waals surface area contributed by atoms with Crippen molar-refractivity contribution < 1.29 is 76.1 Å². The number of fused-ring (bicyclic) bond motifs is 9. The Balaban J connectivity index is 0.00000243. The molecule has 0 unspecified atom stereocenters. The summed E-state index contributed by atoms with van der Waals surface area (Å²) in [6.45, 7) is 6.92. The van der Waals surface area contributed by atoms with Gasteiger partial charge in [0, 0.05) is 44.8 Å². The molecule has 2 aliphatic rings. The van der Waals surface area contributed by atoms with Gasteiger partial charge in [0.25, 0.3) is 0 Å². The molecule has 2 heterocycles. The van der Waals surface area contributed by atoms with Crippen molar-refractivity contribution >= 4 is 53.0 Å². The zero-order valence-corrected chi connectivity index (χ0v) is 53.0. The van der Waals surface area contributed by atoms with Crippen LogP contribution in [0.3, 0.4) is 0 Å². The number of rotatable bonds is 32. The summed E-state index contributed by atoms with van der Waals surface area (Å²) < 4.78 is 43.5. The molecular formula is C65H89F3N10O14. The number of amides is 7. The van der Waals surface area contributed by atoms with E-state index in [0.29, 0.717) is 30.5 Å². The minimum absolute atomic E-state index is 0.00519. The number of phenols is 1. The number of carboxylic acids is 1. The van der Waals surface area contributed by atoms with Crippen molar-refractivity contribution in [3.8, 4) is 23.0 Å². The number of halogens is 3. The smallest absolute Gasteiger partial charge is 0.490 e. The lowest BCUT2D eigenvalue weighted by Crippen LogP contribution is -2.59. The molecule has 7 amide bonds. The first-order valence-corrected chi connectivity index (χ1v) is 30.9. The van der Waals surface area contributed by atoms with Crippen LogP contribution >= 0.6 is 0 Å². The number of hydrogen-bond donors (Lipinski definition) is 10. The van der Waals surface area contributed by atoms with Gasteiger partial charge in [-0.25, -0.2) is 4.79 Å². The number of phenolic OH excluding ortho intramolecular Hbond substituents is 1. The van der Waals surface area contributed by atoms with Crippen LogP contribution in [0.1, 0.15) is 145 Å². The Hall–Kier alpha value is -8.85. The van der Waals surface area contributed by atoms with E-state index >= 15 is 4.79 Å². The Morgan fingerprint density at radius 1 is 0.772 bits per heavy atom. The number of carbonyl (C=O) groups excluding carboxylic acids is 7. The predicted molar refractivity (Wildman–Crippen MR) is 337 cm³/mol. The minimum atomic E-state index is -5.08. The summed E-state index contributed by atoms with van der Waals surface area (Å²) in [5.74, 6) is -8.82. The fourth-order valence-electron chi connectivity index (χ4n) is 9.99. The van der Waals surface area contributed by atoms with Crippen LogP contribution in [0.5, 0.6) is 23.0 Å². The number of unbranched alkanes of at least 4 members (excludes halogenated alkanes) is 8. The Kier molecular flexibility index (Phi) is 31.8. The molecule has 4 bridgehead atoms. The molecule has 4 aromatic carbocycles. The molecule has 0 aliphatic carbocycles. The van der Waals surface area contributed by atoms with Crippen molar-refractivity contribution in [2.45, 2.75) is 166 Å². The lowest BCUT2D eigenvalue weighted by Gasteiger charge is -2.31. The predicted octanol–water partition coefficient (Wildman–Crippen LogP) is 7.26.